The third-order valence-electron chi connectivity index (χ3n) is 5.46. The first-order valence-corrected chi connectivity index (χ1v) is 11.4. The van der Waals surface area contributed by atoms with Gasteiger partial charge in [-0.25, -0.2) is 9.97 Å². The number of hydrogen-bond acceptors (Lipinski definition) is 4. The second-order valence-electron chi connectivity index (χ2n) is 9.62. The minimum atomic E-state index is 0.133. The van der Waals surface area contributed by atoms with Gasteiger partial charge in [0.25, 0.3) is 0 Å². The number of hydrogen-bond donors (Lipinski definition) is 0. The molecule has 2 aromatic heterocycles. The molecule has 2 unspecified atom stereocenters. The van der Waals surface area contributed by atoms with Crippen LogP contribution in [0, 0.1) is 5.41 Å². The van der Waals surface area contributed by atoms with Crippen LogP contribution in [-0.2, 0) is 0 Å². The van der Waals surface area contributed by atoms with Crippen LogP contribution in [0.5, 0.6) is 11.8 Å². The molecule has 4 heteroatoms. The van der Waals surface area contributed by atoms with Crippen LogP contribution in [0.2, 0.25) is 0 Å². The zero-order valence-electron chi connectivity index (χ0n) is 19.9. The van der Waals surface area contributed by atoms with Gasteiger partial charge in [-0.15, -0.1) is 0 Å². The summed E-state index contributed by atoms with van der Waals surface area (Å²) in [5, 5.41) is 0. The highest BCUT2D eigenvalue weighted by molar-refractivity contribution is 5.22. The molecule has 30 heavy (non-hydrogen) atoms. The van der Waals surface area contributed by atoms with Crippen molar-refractivity contribution in [3.05, 3.63) is 47.8 Å². The van der Waals surface area contributed by atoms with Crippen molar-refractivity contribution in [2.45, 2.75) is 92.1 Å². The summed E-state index contributed by atoms with van der Waals surface area (Å²) in [5.41, 5.74) is 2.49. The lowest BCUT2D eigenvalue weighted by molar-refractivity contribution is 0.184. The molecule has 0 aliphatic rings. The van der Waals surface area contributed by atoms with Gasteiger partial charge in [0.2, 0.25) is 11.8 Å². The predicted molar refractivity (Wildman–Crippen MR) is 124 cm³/mol. The Bertz CT molecular complexity index is 748. The SMILES string of the molecule is CCC(CC)Oc1cccc(C(C)CCC(C)c2ccc(OCC(C)(C)C)nc2)n1. The van der Waals surface area contributed by atoms with Crippen LogP contribution in [-0.4, -0.2) is 22.7 Å². The van der Waals surface area contributed by atoms with E-state index in [0.717, 1.165) is 37.3 Å². The number of aromatic nitrogens is 2. The molecule has 2 atom stereocenters. The monoisotopic (exact) mass is 412 g/mol. The van der Waals surface area contributed by atoms with Gasteiger partial charge in [0.1, 0.15) is 0 Å². The number of rotatable bonds is 11. The topological polar surface area (TPSA) is 44.2 Å². The van der Waals surface area contributed by atoms with Gasteiger partial charge in [-0.1, -0.05) is 60.6 Å². The highest BCUT2D eigenvalue weighted by Crippen LogP contribution is 2.28. The van der Waals surface area contributed by atoms with Crippen LogP contribution in [0.15, 0.2) is 36.5 Å². The van der Waals surface area contributed by atoms with Crippen LogP contribution >= 0.6 is 0 Å². The van der Waals surface area contributed by atoms with Crippen molar-refractivity contribution in [1.82, 2.24) is 9.97 Å². The maximum atomic E-state index is 6.02. The lowest BCUT2D eigenvalue weighted by atomic mass is 9.92. The fourth-order valence-electron chi connectivity index (χ4n) is 3.27. The van der Waals surface area contributed by atoms with Gasteiger partial charge in [0.15, 0.2) is 0 Å². The minimum absolute atomic E-state index is 0.133. The molecule has 0 spiro atoms. The van der Waals surface area contributed by atoms with Crippen molar-refractivity contribution in [3.63, 3.8) is 0 Å². The minimum Gasteiger partial charge on any atom is -0.477 e. The van der Waals surface area contributed by atoms with Gasteiger partial charge in [-0.3, -0.25) is 0 Å². The van der Waals surface area contributed by atoms with Crippen molar-refractivity contribution >= 4 is 0 Å². The first-order valence-electron chi connectivity index (χ1n) is 11.4. The van der Waals surface area contributed by atoms with Crippen molar-refractivity contribution in [2.24, 2.45) is 5.41 Å². The molecule has 0 aliphatic carbocycles. The second-order valence-corrected chi connectivity index (χ2v) is 9.62. The van der Waals surface area contributed by atoms with Crippen LogP contribution in [0.1, 0.15) is 97.2 Å². The van der Waals surface area contributed by atoms with E-state index in [4.69, 9.17) is 14.5 Å². The van der Waals surface area contributed by atoms with E-state index in [1.54, 1.807) is 0 Å². The van der Waals surface area contributed by atoms with E-state index < -0.39 is 0 Å². The van der Waals surface area contributed by atoms with Gasteiger partial charge < -0.3 is 9.47 Å². The number of pyridine rings is 2. The van der Waals surface area contributed by atoms with Crippen molar-refractivity contribution in [2.75, 3.05) is 6.61 Å². The Hall–Kier alpha value is -2.10. The smallest absolute Gasteiger partial charge is 0.213 e. The Labute approximate surface area is 183 Å². The van der Waals surface area contributed by atoms with E-state index in [1.165, 1.54) is 5.56 Å². The summed E-state index contributed by atoms with van der Waals surface area (Å²) in [4.78, 5) is 9.25. The van der Waals surface area contributed by atoms with E-state index in [1.807, 2.05) is 18.3 Å². The van der Waals surface area contributed by atoms with E-state index in [0.29, 0.717) is 24.3 Å². The molecule has 0 aliphatic heterocycles. The van der Waals surface area contributed by atoms with Gasteiger partial charge in [-0.05, 0) is 54.6 Å². The lowest BCUT2D eigenvalue weighted by Crippen LogP contribution is -2.17. The zero-order chi connectivity index (χ0) is 22.1. The van der Waals surface area contributed by atoms with Gasteiger partial charge >= 0.3 is 0 Å². The third-order valence-corrected chi connectivity index (χ3v) is 5.46. The quantitative estimate of drug-likeness (QED) is 0.393. The molecular formula is C26H40N2O2. The first-order chi connectivity index (χ1) is 14.2. The first kappa shape index (κ1) is 24.2. The molecule has 0 aromatic carbocycles. The molecule has 4 nitrogen and oxygen atoms in total. The summed E-state index contributed by atoms with van der Waals surface area (Å²) in [6.07, 6.45) is 6.36. The maximum absolute atomic E-state index is 6.02. The van der Waals surface area contributed by atoms with E-state index in [9.17, 15) is 0 Å². The Morgan fingerprint density at radius 1 is 0.900 bits per heavy atom. The Balaban J connectivity index is 1.89. The highest BCUT2D eigenvalue weighted by Gasteiger charge is 2.15. The second kappa shape index (κ2) is 11.3. The normalized spacial score (nSPS) is 13.9. The molecule has 0 saturated carbocycles. The average molecular weight is 413 g/mol. The summed E-state index contributed by atoms with van der Waals surface area (Å²) < 4.78 is 11.8. The summed E-state index contributed by atoms with van der Waals surface area (Å²) >= 11 is 0. The number of ether oxygens (including phenoxy) is 2. The molecule has 0 fully saturated rings. The summed E-state index contributed by atoms with van der Waals surface area (Å²) in [6, 6.07) is 10.3. The molecule has 0 radical (unpaired) electrons. The molecule has 2 aromatic rings. The van der Waals surface area contributed by atoms with Crippen LogP contribution in [0.4, 0.5) is 0 Å². The largest absolute Gasteiger partial charge is 0.477 e. The molecule has 2 heterocycles. The lowest BCUT2D eigenvalue weighted by Gasteiger charge is -2.19. The fourth-order valence-corrected chi connectivity index (χ4v) is 3.27. The van der Waals surface area contributed by atoms with Crippen LogP contribution in [0.25, 0.3) is 0 Å². The molecular weight excluding hydrogens is 372 g/mol. The molecule has 166 valence electrons. The van der Waals surface area contributed by atoms with Gasteiger partial charge in [0, 0.05) is 24.0 Å². The summed E-state index contributed by atoms with van der Waals surface area (Å²) in [6.45, 7) is 16.0. The highest BCUT2D eigenvalue weighted by atomic mass is 16.5. The van der Waals surface area contributed by atoms with Crippen molar-refractivity contribution in [3.8, 4) is 11.8 Å². The van der Waals surface area contributed by atoms with Crippen molar-refractivity contribution < 1.29 is 9.47 Å². The van der Waals surface area contributed by atoms with Gasteiger partial charge in [-0.2, -0.15) is 0 Å². The Kier molecular flexibility index (Phi) is 9.13. The van der Waals surface area contributed by atoms with Crippen LogP contribution < -0.4 is 9.47 Å². The average Bonchev–Trinajstić information content (AvgIpc) is 2.74. The maximum Gasteiger partial charge on any atom is 0.213 e. The van der Waals surface area contributed by atoms with E-state index in [-0.39, 0.29) is 11.5 Å². The van der Waals surface area contributed by atoms with E-state index >= 15 is 0 Å². The summed E-state index contributed by atoms with van der Waals surface area (Å²) in [7, 11) is 0. The van der Waals surface area contributed by atoms with E-state index in [2.05, 4.69) is 71.6 Å². The Morgan fingerprint density at radius 3 is 2.20 bits per heavy atom. The third kappa shape index (κ3) is 7.97. The summed E-state index contributed by atoms with van der Waals surface area (Å²) in [5.74, 6) is 2.28. The fraction of sp³-hybridized carbons (Fsp3) is 0.615. The standard InChI is InChI=1S/C26H40N2O2/c1-8-22(9-2)30-25-12-10-11-23(28-25)20(4)14-13-19(3)21-15-16-24(27-17-21)29-18-26(5,6)7/h10-12,15-17,19-20,22H,8-9,13-14,18H2,1-7H3. The molecule has 0 bridgehead atoms. The predicted octanol–water partition coefficient (Wildman–Crippen LogP) is 7.16. The molecule has 2 rings (SSSR count). The van der Waals surface area contributed by atoms with Crippen molar-refractivity contribution in [1.29, 1.82) is 0 Å². The van der Waals surface area contributed by atoms with Gasteiger partial charge in [0.05, 0.1) is 12.7 Å². The number of nitrogens with zero attached hydrogens (tertiary/aromatic N) is 2. The Morgan fingerprint density at radius 2 is 1.60 bits per heavy atom. The molecule has 0 amide bonds. The zero-order valence-corrected chi connectivity index (χ0v) is 19.9. The molecule has 0 N–H and O–H groups in total. The van der Waals surface area contributed by atoms with Crippen LogP contribution in [0.3, 0.4) is 0 Å². The molecule has 0 saturated heterocycles.